The lowest BCUT2D eigenvalue weighted by Crippen LogP contribution is -2.38. The van der Waals surface area contributed by atoms with Crippen molar-refractivity contribution in [2.75, 3.05) is 13.2 Å². The first-order chi connectivity index (χ1) is 9.62. The molecule has 0 bridgehead atoms. The lowest BCUT2D eigenvalue weighted by Gasteiger charge is -2.39. The fourth-order valence-corrected chi connectivity index (χ4v) is 3.91. The van der Waals surface area contributed by atoms with E-state index in [0.29, 0.717) is 11.5 Å². The quantitative estimate of drug-likeness (QED) is 0.692. The first kappa shape index (κ1) is 16.3. The maximum Gasteiger partial charge on any atom is 0.0594 e. The minimum Gasteiger partial charge on any atom is -0.377 e. The molecule has 0 unspecified atom stereocenters. The van der Waals surface area contributed by atoms with E-state index < -0.39 is 0 Å². The SMILES string of the molecule is CCC(C)(C)C1CCC(NCCOC2CCCC2)CC1. The molecule has 0 atom stereocenters. The van der Waals surface area contributed by atoms with Crippen LogP contribution in [0, 0.1) is 11.3 Å². The number of hydrogen-bond acceptors (Lipinski definition) is 2. The van der Waals surface area contributed by atoms with E-state index in [1.54, 1.807) is 0 Å². The Balaban J connectivity index is 1.55. The Labute approximate surface area is 126 Å². The van der Waals surface area contributed by atoms with Crippen LogP contribution in [0.1, 0.15) is 78.6 Å². The summed E-state index contributed by atoms with van der Waals surface area (Å²) in [6.07, 6.45) is 12.7. The van der Waals surface area contributed by atoms with Gasteiger partial charge in [-0.3, -0.25) is 0 Å². The molecule has 20 heavy (non-hydrogen) atoms. The van der Waals surface area contributed by atoms with Crippen LogP contribution in [-0.4, -0.2) is 25.3 Å². The highest BCUT2D eigenvalue weighted by Crippen LogP contribution is 2.40. The Morgan fingerprint density at radius 2 is 1.65 bits per heavy atom. The minimum absolute atomic E-state index is 0.538. The molecule has 2 aliphatic carbocycles. The molecule has 1 N–H and O–H groups in total. The average Bonchev–Trinajstić information content (AvgIpc) is 2.97. The smallest absolute Gasteiger partial charge is 0.0594 e. The van der Waals surface area contributed by atoms with Gasteiger partial charge >= 0.3 is 0 Å². The van der Waals surface area contributed by atoms with Crippen LogP contribution in [0.3, 0.4) is 0 Å². The lowest BCUT2D eigenvalue weighted by molar-refractivity contribution is 0.0568. The van der Waals surface area contributed by atoms with Crippen LogP contribution < -0.4 is 5.32 Å². The van der Waals surface area contributed by atoms with Gasteiger partial charge in [-0.15, -0.1) is 0 Å². The summed E-state index contributed by atoms with van der Waals surface area (Å²) in [6, 6.07) is 0.742. The molecule has 0 aromatic carbocycles. The number of nitrogens with one attached hydrogen (secondary N) is 1. The van der Waals surface area contributed by atoms with Crippen molar-refractivity contribution in [3.05, 3.63) is 0 Å². The second kappa shape index (κ2) is 7.79. The molecule has 2 heteroatoms. The molecule has 2 nitrogen and oxygen atoms in total. The van der Waals surface area contributed by atoms with Gasteiger partial charge in [0.1, 0.15) is 0 Å². The van der Waals surface area contributed by atoms with Crippen LogP contribution in [0.15, 0.2) is 0 Å². The van der Waals surface area contributed by atoms with Crippen molar-refractivity contribution in [1.82, 2.24) is 5.32 Å². The zero-order valence-electron chi connectivity index (χ0n) is 13.9. The van der Waals surface area contributed by atoms with Crippen LogP contribution in [0.25, 0.3) is 0 Å². The van der Waals surface area contributed by atoms with E-state index in [2.05, 4.69) is 26.1 Å². The van der Waals surface area contributed by atoms with E-state index in [0.717, 1.165) is 25.1 Å². The highest BCUT2D eigenvalue weighted by molar-refractivity contribution is 4.84. The van der Waals surface area contributed by atoms with Gasteiger partial charge in [0.2, 0.25) is 0 Å². The molecule has 0 saturated heterocycles. The Bertz CT molecular complexity index is 263. The van der Waals surface area contributed by atoms with E-state index in [4.69, 9.17) is 4.74 Å². The van der Waals surface area contributed by atoms with Gasteiger partial charge in [-0.05, 0) is 49.9 Å². The summed E-state index contributed by atoms with van der Waals surface area (Å²) in [6.45, 7) is 9.18. The monoisotopic (exact) mass is 281 g/mol. The molecule has 0 aliphatic heterocycles. The third-order valence-corrected chi connectivity index (χ3v) is 5.93. The molecule has 0 radical (unpaired) electrons. The summed E-state index contributed by atoms with van der Waals surface area (Å²) in [5, 5.41) is 3.71. The zero-order valence-corrected chi connectivity index (χ0v) is 13.9. The van der Waals surface area contributed by atoms with Crippen LogP contribution in [0.4, 0.5) is 0 Å². The summed E-state index contributed by atoms with van der Waals surface area (Å²) in [7, 11) is 0. The van der Waals surface area contributed by atoms with Gasteiger partial charge in [-0.2, -0.15) is 0 Å². The third-order valence-electron chi connectivity index (χ3n) is 5.93. The maximum atomic E-state index is 5.92. The minimum atomic E-state index is 0.538. The van der Waals surface area contributed by atoms with Crippen molar-refractivity contribution in [3.63, 3.8) is 0 Å². The van der Waals surface area contributed by atoms with Gasteiger partial charge in [-0.1, -0.05) is 40.0 Å². The molecule has 0 aromatic rings. The highest BCUT2D eigenvalue weighted by Gasteiger charge is 2.31. The zero-order chi connectivity index (χ0) is 14.4. The second-order valence-electron chi connectivity index (χ2n) is 7.62. The van der Waals surface area contributed by atoms with Crippen LogP contribution in [-0.2, 0) is 4.74 Å². The van der Waals surface area contributed by atoms with Crippen molar-refractivity contribution < 1.29 is 4.74 Å². The van der Waals surface area contributed by atoms with Crippen molar-refractivity contribution in [3.8, 4) is 0 Å². The fraction of sp³-hybridized carbons (Fsp3) is 1.00. The lowest BCUT2D eigenvalue weighted by atomic mass is 9.69. The van der Waals surface area contributed by atoms with E-state index in [9.17, 15) is 0 Å². The largest absolute Gasteiger partial charge is 0.377 e. The van der Waals surface area contributed by atoms with E-state index in [1.807, 2.05) is 0 Å². The Morgan fingerprint density at radius 3 is 2.25 bits per heavy atom. The molecule has 0 heterocycles. The van der Waals surface area contributed by atoms with Crippen LogP contribution >= 0.6 is 0 Å². The van der Waals surface area contributed by atoms with Crippen LogP contribution in [0.5, 0.6) is 0 Å². The van der Waals surface area contributed by atoms with Crippen molar-refractivity contribution in [2.24, 2.45) is 11.3 Å². The second-order valence-corrected chi connectivity index (χ2v) is 7.62. The topological polar surface area (TPSA) is 21.3 Å². The Hall–Kier alpha value is -0.0800. The molecule has 0 amide bonds. The van der Waals surface area contributed by atoms with E-state index in [-0.39, 0.29) is 0 Å². The molecule has 118 valence electrons. The van der Waals surface area contributed by atoms with Crippen molar-refractivity contribution in [1.29, 1.82) is 0 Å². The predicted octanol–water partition coefficient (Wildman–Crippen LogP) is 4.53. The van der Waals surface area contributed by atoms with E-state index >= 15 is 0 Å². The number of rotatable bonds is 7. The molecular formula is C18H35NO. The first-order valence-corrected chi connectivity index (χ1v) is 8.97. The summed E-state index contributed by atoms with van der Waals surface area (Å²) in [5.74, 6) is 0.931. The third kappa shape index (κ3) is 4.73. The van der Waals surface area contributed by atoms with Crippen LogP contribution in [0.2, 0.25) is 0 Å². The molecule has 0 spiro atoms. The van der Waals surface area contributed by atoms with Gasteiger partial charge < -0.3 is 10.1 Å². The molecule has 2 rings (SSSR count). The normalized spacial score (nSPS) is 28.9. The van der Waals surface area contributed by atoms with Gasteiger partial charge in [-0.25, -0.2) is 0 Å². The maximum absolute atomic E-state index is 5.92. The molecular weight excluding hydrogens is 246 g/mol. The summed E-state index contributed by atoms with van der Waals surface area (Å²) >= 11 is 0. The van der Waals surface area contributed by atoms with Gasteiger partial charge in [0.05, 0.1) is 12.7 Å². The van der Waals surface area contributed by atoms with Gasteiger partial charge in [0.25, 0.3) is 0 Å². The number of ether oxygens (including phenoxy) is 1. The fourth-order valence-electron chi connectivity index (χ4n) is 3.91. The average molecular weight is 281 g/mol. The standard InChI is InChI=1S/C18H35NO/c1-4-18(2,3)15-9-11-16(12-10-15)19-13-14-20-17-7-5-6-8-17/h15-17,19H,4-14H2,1-3H3. The summed E-state index contributed by atoms with van der Waals surface area (Å²) < 4.78 is 5.92. The highest BCUT2D eigenvalue weighted by atomic mass is 16.5. The molecule has 2 aliphatic rings. The van der Waals surface area contributed by atoms with Crippen molar-refractivity contribution in [2.45, 2.75) is 90.7 Å². The van der Waals surface area contributed by atoms with Crippen molar-refractivity contribution >= 4 is 0 Å². The van der Waals surface area contributed by atoms with E-state index in [1.165, 1.54) is 57.8 Å². The van der Waals surface area contributed by atoms with Gasteiger partial charge in [0.15, 0.2) is 0 Å². The summed E-state index contributed by atoms with van der Waals surface area (Å²) in [5.41, 5.74) is 0.538. The predicted molar refractivity (Wildman–Crippen MR) is 86.0 cm³/mol. The molecule has 0 aromatic heterocycles. The molecule has 2 fully saturated rings. The van der Waals surface area contributed by atoms with Gasteiger partial charge in [0, 0.05) is 12.6 Å². The molecule has 2 saturated carbocycles. The number of hydrogen-bond donors (Lipinski definition) is 1. The first-order valence-electron chi connectivity index (χ1n) is 8.97. The Kier molecular flexibility index (Phi) is 6.35. The Morgan fingerprint density at radius 1 is 1.00 bits per heavy atom. The summed E-state index contributed by atoms with van der Waals surface area (Å²) in [4.78, 5) is 0.